The Morgan fingerprint density at radius 1 is 0.941 bits per heavy atom. The van der Waals surface area contributed by atoms with Gasteiger partial charge < -0.3 is 14.2 Å². The van der Waals surface area contributed by atoms with Crippen molar-refractivity contribution in [1.82, 2.24) is 5.43 Å². The molecule has 0 atom stereocenters. The Balaban J connectivity index is 1.62. The van der Waals surface area contributed by atoms with Gasteiger partial charge in [0.2, 0.25) is 0 Å². The van der Waals surface area contributed by atoms with Gasteiger partial charge in [0.25, 0.3) is 5.91 Å². The summed E-state index contributed by atoms with van der Waals surface area (Å²) in [6.45, 7) is 1.90. The van der Waals surface area contributed by atoms with Gasteiger partial charge in [-0.3, -0.25) is 4.79 Å². The summed E-state index contributed by atoms with van der Waals surface area (Å²) in [6.07, 6.45) is 1.42. The molecule has 0 saturated heterocycles. The molecule has 0 fully saturated rings. The smallest absolute Gasteiger partial charge is 0.345 e. The number of esters is 1. The van der Waals surface area contributed by atoms with Gasteiger partial charge in [0.05, 0.1) is 23.4 Å². The summed E-state index contributed by atoms with van der Waals surface area (Å²) in [6, 6.07) is 16.0. The van der Waals surface area contributed by atoms with Crippen molar-refractivity contribution in [2.75, 3.05) is 13.2 Å². The van der Waals surface area contributed by atoms with Crippen LogP contribution in [0.3, 0.4) is 0 Å². The van der Waals surface area contributed by atoms with Crippen LogP contribution in [0.1, 0.15) is 22.8 Å². The fourth-order valence-corrected chi connectivity index (χ4v) is 3.35. The van der Waals surface area contributed by atoms with Crippen LogP contribution < -0.4 is 19.6 Å². The maximum Gasteiger partial charge on any atom is 0.345 e. The summed E-state index contributed by atoms with van der Waals surface area (Å²) in [7, 11) is 0. The number of hydrogen-bond acceptors (Lipinski definition) is 6. The maximum atomic E-state index is 12.5. The van der Waals surface area contributed by atoms with Gasteiger partial charge in [0.15, 0.2) is 18.1 Å². The first kappa shape index (κ1) is 25.4. The summed E-state index contributed by atoms with van der Waals surface area (Å²) in [5.74, 6) is -0.116. The first-order chi connectivity index (χ1) is 16.4. The lowest BCUT2D eigenvalue weighted by Gasteiger charge is -2.12. The van der Waals surface area contributed by atoms with E-state index in [1.807, 2.05) is 0 Å². The van der Waals surface area contributed by atoms with E-state index in [-0.39, 0.29) is 22.9 Å². The Morgan fingerprint density at radius 2 is 1.74 bits per heavy atom. The number of carbonyl (C=O) groups excluding carboxylic acids is 2. The quantitative estimate of drug-likeness (QED) is 0.167. The predicted octanol–water partition coefficient (Wildman–Crippen LogP) is 5.79. The Hall–Kier alpha value is -3.26. The van der Waals surface area contributed by atoms with Crippen LogP contribution in [-0.2, 0) is 4.79 Å². The summed E-state index contributed by atoms with van der Waals surface area (Å²) in [5, 5.41) is 4.99. The highest BCUT2D eigenvalue weighted by Gasteiger charge is 2.16. The van der Waals surface area contributed by atoms with Crippen LogP contribution in [-0.4, -0.2) is 31.3 Å². The van der Waals surface area contributed by atoms with E-state index >= 15 is 0 Å². The van der Waals surface area contributed by atoms with Crippen LogP contribution in [0.5, 0.6) is 17.2 Å². The van der Waals surface area contributed by atoms with Crippen molar-refractivity contribution >= 4 is 52.9 Å². The van der Waals surface area contributed by atoms with E-state index in [0.29, 0.717) is 33.7 Å². The van der Waals surface area contributed by atoms with Gasteiger partial charge in [0.1, 0.15) is 5.75 Å². The summed E-state index contributed by atoms with van der Waals surface area (Å²) in [4.78, 5) is 24.5. The second-order valence-electron chi connectivity index (χ2n) is 6.69. The highest BCUT2D eigenvalue weighted by molar-refractivity contribution is 6.36. The van der Waals surface area contributed by atoms with Crippen molar-refractivity contribution in [2.45, 2.75) is 6.92 Å². The standard InChI is InChI=1S/C24H19Cl3N2O5/c1-2-32-22-10-15(13-28-29-23(30)14-33-18-5-3-4-16(25)11-18)6-9-21(22)34-24(31)19-8-7-17(26)12-20(19)27/h3-13H,2,14H2,1H3,(H,29,30). The molecule has 34 heavy (non-hydrogen) atoms. The molecule has 0 aliphatic carbocycles. The van der Waals surface area contributed by atoms with E-state index in [4.69, 9.17) is 49.0 Å². The first-order valence-corrected chi connectivity index (χ1v) is 11.1. The Bertz CT molecular complexity index is 1220. The molecule has 3 aromatic carbocycles. The molecule has 0 heterocycles. The third kappa shape index (κ3) is 7.38. The Labute approximate surface area is 211 Å². The normalized spacial score (nSPS) is 10.7. The molecular formula is C24H19Cl3N2O5. The monoisotopic (exact) mass is 520 g/mol. The largest absolute Gasteiger partial charge is 0.490 e. The molecule has 0 radical (unpaired) electrons. The fraction of sp³-hybridized carbons (Fsp3) is 0.125. The fourth-order valence-electron chi connectivity index (χ4n) is 2.68. The number of nitrogens with one attached hydrogen (secondary N) is 1. The van der Waals surface area contributed by atoms with Crippen molar-refractivity contribution < 1.29 is 23.8 Å². The number of ether oxygens (including phenoxy) is 3. The van der Waals surface area contributed by atoms with E-state index in [1.54, 1.807) is 55.5 Å². The SMILES string of the molecule is CCOc1cc(C=NNC(=O)COc2cccc(Cl)c2)ccc1OC(=O)c1ccc(Cl)cc1Cl. The molecule has 1 amide bonds. The second-order valence-corrected chi connectivity index (χ2v) is 7.97. The highest BCUT2D eigenvalue weighted by atomic mass is 35.5. The number of nitrogens with zero attached hydrogens (tertiary/aromatic N) is 1. The molecule has 0 unspecified atom stereocenters. The summed E-state index contributed by atoms with van der Waals surface area (Å²) >= 11 is 17.8. The summed E-state index contributed by atoms with van der Waals surface area (Å²) < 4.78 is 16.4. The van der Waals surface area contributed by atoms with Crippen molar-refractivity contribution in [2.24, 2.45) is 5.10 Å². The number of carbonyl (C=O) groups is 2. The zero-order valence-corrected chi connectivity index (χ0v) is 20.2. The van der Waals surface area contributed by atoms with Crippen molar-refractivity contribution in [3.8, 4) is 17.2 Å². The number of benzene rings is 3. The minimum atomic E-state index is -0.656. The van der Waals surface area contributed by atoms with Crippen LogP contribution in [0.2, 0.25) is 15.1 Å². The van der Waals surface area contributed by atoms with Crippen molar-refractivity contribution in [3.63, 3.8) is 0 Å². The Morgan fingerprint density at radius 3 is 2.47 bits per heavy atom. The van der Waals surface area contributed by atoms with E-state index in [0.717, 1.165) is 0 Å². The van der Waals surface area contributed by atoms with Crippen LogP contribution in [0.4, 0.5) is 0 Å². The minimum absolute atomic E-state index is 0.168. The molecule has 0 aliphatic heterocycles. The van der Waals surface area contributed by atoms with Crippen LogP contribution in [0.15, 0.2) is 65.8 Å². The van der Waals surface area contributed by atoms with Crippen molar-refractivity contribution in [3.05, 3.63) is 86.9 Å². The number of hydrazone groups is 1. The lowest BCUT2D eigenvalue weighted by molar-refractivity contribution is -0.123. The molecule has 1 N–H and O–H groups in total. The average Bonchev–Trinajstić information content (AvgIpc) is 2.79. The molecular weight excluding hydrogens is 503 g/mol. The van der Waals surface area contributed by atoms with Gasteiger partial charge in [-0.2, -0.15) is 5.10 Å². The maximum absolute atomic E-state index is 12.5. The van der Waals surface area contributed by atoms with Gasteiger partial charge in [-0.25, -0.2) is 10.2 Å². The highest BCUT2D eigenvalue weighted by Crippen LogP contribution is 2.30. The first-order valence-electron chi connectivity index (χ1n) is 10.00. The van der Waals surface area contributed by atoms with Crippen molar-refractivity contribution in [1.29, 1.82) is 0 Å². The van der Waals surface area contributed by atoms with Gasteiger partial charge in [-0.15, -0.1) is 0 Å². The lowest BCUT2D eigenvalue weighted by Crippen LogP contribution is -2.24. The van der Waals surface area contributed by atoms with Crippen LogP contribution >= 0.6 is 34.8 Å². The topological polar surface area (TPSA) is 86.2 Å². The molecule has 3 rings (SSSR count). The molecule has 3 aromatic rings. The van der Waals surface area contributed by atoms with Gasteiger partial charge >= 0.3 is 5.97 Å². The molecule has 176 valence electrons. The molecule has 0 aliphatic rings. The minimum Gasteiger partial charge on any atom is -0.490 e. The zero-order valence-electron chi connectivity index (χ0n) is 17.9. The number of amides is 1. The zero-order chi connectivity index (χ0) is 24.5. The predicted molar refractivity (Wildman–Crippen MR) is 132 cm³/mol. The van der Waals surface area contributed by atoms with Crippen LogP contribution in [0.25, 0.3) is 0 Å². The third-order valence-electron chi connectivity index (χ3n) is 4.19. The number of halogens is 3. The lowest BCUT2D eigenvalue weighted by atomic mass is 10.2. The number of hydrogen-bond donors (Lipinski definition) is 1. The van der Waals surface area contributed by atoms with E-state index < -0.39 is 11.9 Å². The average molecular weight is 522 g/mol. The molecule has 0 saturated carbocycles. The van der Waals surface area contributed by atoms with Gasteiger partial charge in [-0.1, -0.05) is 40.9 Å². The van der Waals surface area contributed by atoms with E-state index in [9.17, 15) is 9.59 Å². The molecule has 7 nitrogen and oxygen atoms in total. The molecule has 0 spiro atoms. The summed E-state index contributed by atoms with van der Waals surface area (Å²) in [5.41, 5.74) is 3.14. The van der Waals surface area contributed by atoms with E-state index in [1.165, 1.54) is 18.3 Å². The third-order valence-corrected chi connectivity index (χ3v) is 4.97. The Kier molecular flexibility index (Phi) is 9.16. The number of rotatable bonds is 9. The van der Waals surface area contributed by atoms with Gasteiger partial charge in [0, 0.05) is 10.0 Å². The van der Waals surface area contributed by atoms with E-state index in [2.05, 4.69) is 10.5 Å². The second kappa shape index (κ2) is 12.3. The molecule has 0 bridgehead atoms. The van der Waals surface area contributed by atoms with Crippen LogP contribution in [0, 0.1) is 0 Å². The van der Waals surface area contributed by atoms with Gasteiger partial charge in [-0.05, 0) is 67.1 Å². The molecule has 0 aromatic heterocycles. The molecule has 10 heteroatoms.